The summed E-state index contributed by atoms with van der Waals surface area (Å²) in [6.07, 6.45) is 2.04. The van der Waals surface area contributed by atoms with Gasteiger partial charge < -0.3 is 4.89 Å². The SMILES string of the molecule is CCC(=O)c1ncn(C(c2ccccc2)(c2ccccc2)c2ccccc2)n1.CCOP(=O)(O)OCC. The molecule has 4 aromatic rings. The van der Waals surface area contributed by atoms with Gasteiger partial charge in [0, 0.05) is 6.42 Å². The Morgan fingerprint density at radius 2 is 1.22 bits per heavy atom. The number of phosphoric ester groups is 1. The molecule has 0 radical (unpaired) electrons. The molecule has 0 aliphatic heterocycles. The summed E-state index contributed by atoms with van der Waals surface area (Å²) in [5.74, 6) is 0.177. The van der Waals surface area contributed by atoms with E-state index in [0.29, 0.717) is 6.42 Å². The molecule has 4 rings (SSSR count). The Kier molecular flexibility index (Phi) is 10.1. The number of rotatable bonds is 10. The molecule has 0 saturated carbocycles. The predicted molar refractivity (Wildman–Crippen MR) is 142 cm³/mol. The molecule has 37 heavy (non-hydrogen) atoms. The van der Waals surface area contributed by atoms with Gasteiger partial charge in [0.1, 0.15) is 11.9 Å². The Bertz CT molecular complexity index is 1190. The Labute approximate surface area is 217 Å². The minimum absolute atomic E-state index is 0.0677. The van der Waals surface area contributed by atoms with Crippen LogP contribution in [0.3, 0.4) is 0 Å². The number of hydrogen-bond donors (Lipinski definition) is 1. The number of aromatic nitrogens is 3. The van der Waals surface area contributed by atoms with Gasteiger partial charge in [0.05, 0.1) is 13.2 Å². The number of carbonyl (C=O) groups excluding carboxylic acids is 1. The van der Waals surface area contributed by atoms with Crippen molar-refractivity contribution in [2.45, 2.75) is 32.7 Å². The fourth-order valence-electron chi connectivity index (χ4n) is 4.01. The van der Waals surface area contributed by atoms with E-state index >= 15 is 0 Å². The number of hydrogen-bond acceptors (Lipinski definition) is 6. The molecule has 1 heterocycles. The van der Waals surface area contributed by atoms with Gasteiger partial charge in [0.15, 0.2) is 0 Å². The largest absolute Gasteiger partial charge is 0.472 e. The lowest BCUT2D eigenvalue weighted by Crippen LogP contribution is -2.38. The molecule has 9 heteroatoms. The Morgan fingerprint density at radius 1 is 0.811 bits per heavy atom. The van der Waals surface area contributed by atoms with Crippen molar-refractivity contribution in [2.24, 2.45) is 0 Å². The number of nitrogens with zero attached hydrogens (tertiary/aromatic N) is 3. The van der Waals surface area contributed by atoms with E-state index in [1.54, 1.807) is 20.2 Å². The molecule has 1 aromatic heterocycles. The van der Waals surface area contributed by atoms with Crippen LogP contribution in [0.2, 0.25) is 0 Å². The number of carbonyl (C=O) groups is 1. The van der Waals surface area contributed by atoms with Crippen LogP contribution in [-0.4, -0.2) is 38.7 Å². The zero-order chi connectivity index (χ0) is 26.7. The second-order valence-electron chi connectivity index (χ2n) is 7.90. The van der Waals surface area contributed by atoms with Crippen molar-refractivity contribution in [1.82, 2.24) is 14.8 Å². The van der Waals surface area contributed by atoms with Gasteiger partial charge in [-0.3, -0.25) is 13.8 Å². The van der Waals surface area contributed by atoms with Gasteiger partial charge in [-0.05, 0) is 30.5 Å². The van der Waals surface area contributed by atoms with E-state index in [2.05, 4.69) is 55.5 Å². The van der Waals surface area contributed by atoms with E-state index in [-0.39, 0.29) is 24.8 Å². The molecule has 0 aliphatic carbocycles. The molecule has 1 N–H and O–H groups in total. The second kappa shape index (κ2) is 13.2. The lowest BCUT2D eigenvalue weighted by atomic mass is 9.77. The summed E-state index contributed by atoms with van der Waals surface area (Å²) < 4.78 is 21.1. The van der Waals surface area contributed by atoms with Gasteiger partial charge in [-0.1, -0.05) is 97.9 Å². The van der Waals surface area contributed by atoms with Gasteiger partial charge in [0.2, 0.25) is 11.6 Å². The van der Waals surface area contributed by atoms with Crippen LogP contribution in [0.25, 0.3) is 0 Å². The van der Waals surface area contributed by atoms with E-state index in [1.807, 2.05) is 66.2 Å². The molecule has 3 aromatic carbocycles. The van der Waals surface area contributed by atoms with E-state index < -0.39 is 13.4 Å². The monoisotopic (exact) mass is 521 g/mol. The van der Waals surface area contributed by atoms with Crippen LogP contribution in [0.1, 0.15) is 54.5 Å². The van der Waals surface area contributed by atoms with Gasteiger partial charge in [0.25, 0.3) is 0 Å². The van der Waals surface area contributed by atoms with Crippen LogP contribution < -0.4 is 0 Å². The maximum Gasteiger partial charge on any atom is 0.472 e. The molecule has 0 atom stereocenters. The molecule has 0 unspecified atom stereocenters. The average Bonchev–Trinajstić information content (AvgIpc) is 3.41. The zero-order valence-electron chi connectivity index (χ0n) is 21.2. The highest BCUT2D eigenvalue weighted by molar-refractivity contribution is 7.47. The first-order valence-electron chi connectivity index (χ1n) is 12.1. The van der Waals surface area contributed by atoms with Crippen LogP contribution in [0, 0.1) is 0 Å². The molecule has 0 spiro atoms. The third-order valence-corrected chi connectivity index (χ3v) is 6.73. The Morgan fingerprint density at radius 3 is 1.57 bits per heavy atom. The van der Waals surface area contributed by atoms with E-state index in [9.17, 15) is 9.36 Å². The fraction of sp³-hybridized carbons (Fsp3) is 0.250. The van der Waals surface area contributed by atoms with E-state index in [4.69, 9.17) is 4.89 Å². The summed E-state index contributed by atoms with van der Waals surface area (Å²) in [6.45, 7) is 5.45. The third kappa shape index (κ3) is 6.67. The first-order chi connectivity index (χ1) is 17.9. The number of phosphoric acid groups is 1. The third-order valence-electron chi connectivity index (χ3n) is 5.57. The minimum Gasteiger partial charge on any atom is -0.302 e. The lowest BCUT2D eigenvalue weighted by Gasteiger charge is -2.35. The molecule has 0 aliphatic rings. The first kappa shape index (κ1) is 28.2. The molecule has 8 nitrogen and oxygen atoms in total. The van der Waals surface area contributed by atoms with Crippen LogP contribution in [-0.2, 0) is 19.2 Å². The number of Topliss-reactive ketones (excluding diaryl/α,β-unsaturated/α-hetero) is 1. The molecule has 0 amide bonds. The van der Waals surface area contributed by atoms with Crippen molar-refractivity contribution in [3.05, 3.63) is 120 Å². The van der Waals surface area contributed by atoms with Crippen molar-refractivity contribution in [2.75, 3.05) is 13.2 Å². The highest BCUT2D eigenvalue weighted by Gasteiger charge is 2.39. The minimum atomic E-state index is -3.69. The summed E-state index contributed by atoms with van der Waals surface area (Å²) >= 11 is 0. The Hall–Kier alpha value is -3.42. The van der Waals surface area contributed by atoms with Crippen LogP contribution >= 0.6 is 7.82 Å². The van der Waals surface area contributed by atoms with Gasteiger partial charge in [-0.15, -0.1) is 5.10 Å². The molecule has 0 fully saturated rings. The second-order valence-corrected chi connectivity index (χ2v) is 9.36. The summed E-state index contributed by atoms with van der Waals surface area (Å²) in [7, 11) is -3.69. The van der Waals surface area contributed by atoms with Crippen molar-refractivity contribution in [3.8, 4) is 0 Å². The van der Waals surface area contributed by atoms with Gasteiger partial charge >= 0.3 is 7.82 Å². The highest BCUT2D eigenvalue weighted by Crippen LogP contribution is 2.42. The van der Waals surface area contributed by atoms with Crippen molar-refractivity contribution >= 4 is 13.6 Å². The average molecular weight is 522 g/mol. The van der Waals surface area contributed by atoms with Crippen LogP contribution in [0.4, 0.5) is 0 Å². The van der Waals surface area contributed by atoms with Crippen molar-refractivity contribution in [1.29, 1.82) is 0 Å². The van der Waals surface area contributed by atoms with Crippen LogP contribution in [0.15, 0.2) is 97.3 Å². The summed E-state index contributed by atoms with van der Waals surface area (Å²) in [4.78, 5) is 25.2. The molecule has 0 saturated heterocycles. The van der Waals surface area contributed by atoms with Gasteiger partial charge in [-0.2, -0.15) is 0 Å². The maximum absolute atomic E-state index is 12.2. The summed E-state index contributed by atoms with van der Waals surface area (Å²) in [5, 5.41) is 4.64. The Balaban J connectivity index is 0.000000364. The fourth-order valence-corrected chi connectivity index (χ4v) is 4.74. The highest BCUT2D eigenvalue weighted by atomic mass is 31.2. The smallest absolute Gasteiger partial charge is 0.302 e. The quantitative estimate of drug-likeness (QED) is 0.158. The predicted octanol–water partition coefficient (Wildman–Crippen LogP) is 5.87. The lowest BCUT2D eigenvalue weighted by molar-refractivity contribution is 0.0977. The maximum atomic E-state index is 12.2. The van der Waals surface area contributed by atoms with Crippen LogP contribution in [0.5, 0.6) is 0 Å². The van der Waals surface area contributed by atoms with Gasteiger partial charge in [-0.25, -0.2) is 14.2 Å². The topological polar surface area (TPSA) is 104 Å². The molecular weight excluding hydrogens is 489 g/mol. The first-order valence-corrected chi connectivity index (χ1v) is 13.6. The summed E-state index contributed by atoms with van der Waals surface area (Å²) in [6, 6.07) is 30.6. The normalized spacial score (nSPS) is 11.5. The summed E-state index contributed by atoms with van der Waals surface area (Å²) in [5.41, 5.74) is 2.41. The van der Waals surface area contributed by atoms with Crippen molar-refractivity contribution in [3.63, 3.8) is 0 Å². The number of benzene rings is 3. The molecule has 0 bridgehead atoms. The van der Waals surface area contributed by atoms with E-state index in [0.717, 1.165) is 16.7 Å². The standard InChI is InChI=1S/C24H21N3O.C4H11O4P/c1-2-22(28)23-25-18-27(26-23)24(19-12-6-3-7-13-19,20-14-8-4-9-15-20)21-16-10-5-11-17-21;1-3-7-9(5,6)8-4-2/h3-18H,2H2,1H3;3-4H2,1-2H3,(H,5,6). The number of ketones is 1. The van der Waals surface area contributed by atoms with Crippen molar-refractivity contribution < 1.29 is 23.3 Å². The molecule has 194 valence electrons. The molecular formula is C28H32N3O5P. The zero-order valence-corrected chi connectivity index (χ0v) is 22.1. The van der Waals surface area contributed by atoms with E-state index in [1.165, 1.54) is 0 Å².